The second-order valence-electron chi connectivity index (χ2n) is 4.91. The highest BCUT2D eigenvalue weighted by Gasteiger charge is 2.35. The zero-order chi connectivity index (χ0) is 13.5. The standard InChI is InChI=1S/C11H18ClN3O2S/c1-7-6-15(5-4-10(7)12)18(16,17)11-8(2)13-14-9(11)3/h7,10H,4-6H2,1-3H3,(H,13,14). The fraction of sp³-hybridized carbons (Fsp3) is 0.727. The van der Waals surface area contributed by atoms with E-state index in [9.17, 15) is 8.42 Å². The summed E-state index contributed by atoms with van der Waals surface area (Å²) in [4.78, 5) is 0.308. The van der Waals surface area contributed by atoms with E-state index in [1.54, 1.807) is 13.8 Å². The molecule has 18 heavy (non-hydrogen) atoms. The molecule has 2 unspecified atom stereocenters. The number of rotatable bonds is 2. The summed E-state index contributed by atoms with van der Waals surface area (Å²) in [6.45, 7) is 6.36. The Morgan fingerprint density at radius 3 is 2.61 bits per heavy atom. The highest BCUT2D eigenvalue weighted by molar-refractivity contribution is 7.89. The number of aromatic amines is 1. The molecular weight excluding hydrogens is 274 g/mol. The monoisotopic (exact) mass is 291 g/mol. The van der Waals surface area contributed by atoms with Crippen LogP contribution in [0.15, 0.2) is 4.90 Å². The molecule has 7 heteroatoms. The van der Waals surface area contributed by atoms with E-state index >= 15 is 0 Å². The van der Waals surface area contributed by atoms with Gasteiger partial charge in [0.2, 0.25) is 10.0 Å². The van der Waals surface area contributed by atoms with E-state index < -0.39 is 10.0 Å². The van der Waals surface area contributed by atoms with E-state index in [0.29, 0.717) is 35.8 Å². The molecule has 0 aromatic carbocycles. The van der Waals surface area contributed by atoms with Crippen LogP contribution < -0.4 is 0 Å². The fourth-order valence-electron chi connectivity index (χ4n) is 2.35. The van der Waals surface area contributed by atoms with Crippen LogP contribution in [0.4, 0.5) is 0 Å². The third-order valence-corrected chi connectivity index (χ3v) is 6.20. The summed E-state index contributed by atoms with van der Waals surface area (Å²) in [5, 5.41) is 6.73. The van der Waals surface area contributed by atoms with Gasteiger partial charge in [0, 0.05) is 18.5 Å². The maximum atomic E-state index is 12.6. The maximum absolute atomic E-state index is 12.6. The summed E-state index contributed by atoms with van der Waals surface area (Å²) in [6.07, 6.45) is 0.692. The molecule has 1 fully saturated rings. The summed E-state index contributed by atoms with van der Waals surface area (Å²) >= 11 is 6.13. The number of hydrogen-bond donors (Lipinski definition) is 1. The third-order valence-electron chi connectivity index (χ3n) is 3.42. The first-order valence-corrected chi connectivity index (χ1v) is 7.87. The molecule has 1 saturated heterocycles. The molecule has 0 amide bonds. The van der Waals surface area contributed by atoms with Crippen molar-refractivity contribution in [2.75, 3.05) is 13.1 Å². The van der Waals surface area contributed by atoms with Crippen molar-refractivity contribution in [1.82, 2.24) is 14.5 Å². The third kappa shape index (κ3) is 2.29. The molecule has 0 saturated carbocycles. The molecule has 1 N–H and O–H groups in total. The van der Waals surface area contributed by atoms with Gasteiger partial charge in [-0.3, -0.25) is 5.10 Å². The Hall–Kier alpha value is -0.590. The van der Waals surface area contributed by atoms with E-state index in [1.165, 1.54) is 4.31 Å². The van der Waals surface area contributed by atoms with E-state index in [4.69, 9.17) is 11.6 Å². The van der Waals surface area contributed by atoms with E-state index in [2.05, 4.69) is 10.2 Å². The molecule has 5 nitrogen and oxygen atoms in total. The van der Waals surface area contributed by atoms with Gasteiger partial charge in [-0.15, -0.1) is 11.6 Å². The highest BCUT2D eigenvalue weighted by atomic mass is 35.5. The van der Waals surface area contributed by atoms with Gasteiger partial charge in [0.25, 0.3) is 0 Å². The van der Waals surface area contributed by atoms with Gasteiger partial charge in [0.1, 0.15) is 4.90 Å². The first-order valence-electron chi connectivity index (χ1n) is 6.00. The van der Waals surface area contributed by atoms with Crippen LogP contribution in [-0.4, -0.2) is 41.4 Å². The average Bonchev–Trinajstić information content (AvgIpc) is 2.62. The van der Waals surface area contributed by atoms with Crippen LogP contribution >= 0.6 is 11.6 Å². The SMILES string of the molecule is Cc1n[nH]c(C)c1S(=O)(=O)N1CCC(Cl)C(C)C1. The first-order chi connectivity index (χ1) is 8.34. The van der Waals surface area contributed by atoms with Gasteiger partial charge in [0.15, 0.2) is 0 Å². The second kappa shape index (κ2) is 4.83. The molecule has 1 aromatic rings. The summed E-state index contributed by atoms with van der Waals surface area (Å²) < 4.78 is 26.6. The van der Waals surface area contributed by atoms with E-state index in [-0.39, 0.29) is 11.3 Å². The summed E-state index contributed by atoms with van der Waals surface area (Å²) in [5.41, 5.74) is 1.11. The van der Waals surface area contributed by atoms with Crippen molar-refractivity contribution < 1.29 is 8.42 Å². The molecule has 2 atom stereocenters. The van der Waals surface area contributed by atoms with Crippen LogP contribution in [-0.2, 0) is 10.0 Å². The van der Waals surface area contributed by atoms with Crippen LogP contribution in [0.1, 0.15) is 24.7 Å². The van der Waals surface area contributed by atoms with Crippen molar-refractivity contribution in [2.45, 2.75) is 37.5 Å². The first kappa shape index (κ1) is 13.8. The molecule has 0 aliphatic carbocycles. The largest absolute Gasteiger partial charge is 0.281 e. The minimum atomic E-state index is -3.46. The summed E-state index contributed by atoms with van der Waals surface area (Å²) in [5.74, 6) is 0.169. The quantitative estimate of drug-likeness (QED) is 0.843. The Labute approximate surface area is 113 Å². The normalized spacial score (nSPS) is 26.4. The molecule has 0 bridgehead atoms. The number of alkyl halides is 1. The molecule has 0 radical (unpaired) electrons. The number of sulfonamides is 1. The van der Waals surface area contributed by atoms with Gasteiger partial charge in [0.05, 0.1) is 11.4 Å². The minimum Gasteiger partial charge on any atom is -0.281 e. The maximum Gasteiger partial charge on any atom is 0.246 e. The van der Waals surface area contributed by atoms with Crippen LogP contribution in [0.5, 0.6) is 0 Å². The molecule has 1 aliphatic heterocycles. The average molecular weight is 292 g/mol. The predicted octanol–water partition coefficient (Wildman–Crippen LogP) is 1.66. The lowest BCUT2D eigenvalue weighted by molar-refractivity contribution is 0.286. The van der Waals surface area contributed by atoms with Gasteiger partial charge in [-0.25, -0.2) is 8.42 Å². The smallest absolute Gasteiger partial charge is 0.246 e. The Balaban J connectivity index is 2.33. The Morgan fingerprint density at radius 1 is 1.44 bits per heavy atom. The molecule has 0 spiro atoms. The number of hydrogen-bond acceptors (Lipinski definition) is 3. The topological polar surface area (TPSA) is 66.1 Å². The molecule has 102 valence electrons. The van der Waals surface area contributed by atoms with Crippen LogP contribution in [0, 0.1) is 19.8 Å². The Morgan fingerprint density at radius 2 is 2.11 bits per heavy atom. The molecular formula is C11H18ClN3O2S. The van der Waals surface area contributed by atoms with Gasteiger partial charge in [-0.2, -0.15) is 9.40 Å². The number of nitrogens with one attached hydrogen (secondary N) is 1. The number of aryl methyl sites for hydroxylation is 2. The predicted molar refractivity (Wildman–Crippen MR) is 70.2 cm³/mol. The Kier molecular flexibility index (Phi) is 3.71. The van der Waals surface area contributed by atoms with Crippen molar-refractivity contribution in [3.05, 3.63) is 11.4 Å². The lowest BCUT2D eigenvalue weighted by Gasteiger charge is -2.33. The zero-order valence-electron chi connectivity index (χ0n) is 10.8. The minimum absolute atomic E-state index is 0.0583. The van der Waals surface area contributed by atoms with Crippen molar-refractivity contribution >= 4 is 21.6 Å². The van der Waals surface area contributed by atoms with Crippen molar-refractivity contribution in [2.24, 2.45) is 5.92 Å². The van der Waals surface area contributed by atoms with Crippen molar-refractivity contribution in [3.63, 3.8) is 0 Å². The lowest BCUT2D eigenvalue weighted by Crippen LogP contribution is -2.43. The molecule has 1 aromatic heterocycles. The van der Waals surface area contributed by atoms with Crippen LogP contribution in [0.25, 0.3) is 0 Å². The zero-order valence-corrected chi connectivity index (χ0v) is 12.3. The molecule has 1 aliphatic rings. The van der Waals surface area contributed by atoms with Crippen LogP contribution in [0.3, 0.4) is 0 Å². The second-order valence-corrected chi connectivity index (χ2v) is 7.34. The number of halogens is 1. The van der Waals surface area contributed by atoms with E-state index in [1.807, 2.05) is 6.92 Å². The van der Waals surface area contributed by atoms with Crippen LogP contribution in [0.2, 0.25) is 0 Å². The highest BCUT2D eigenvalue weighted by Crippen LogP contribution is 2.28. The fourth-order valence-corrected chi connectivity index (χ4v) is 4.41. The van der Waals surface area contributed by atoms with Gasteiger partial charge in [-0.05, 0) is 26.2 Å². The number of piperidine rings is 1. The van der Waals surface area contributed by atoms with Crippen molar-refractivity contribution in [3.8, 4) is 0 Å². The summed E-state index contributed by atoms with van der Waals surface area (Å²) in [6, 6.07) is 0. The van der Waals surface area contributed by atoms with Crippen molar-refractivity contribution in [1.29, 1.82) is 0 Å². The molecule has 2 heterocycles. The number of nitrogens with zero attached hydrogens (tertiary/aromatic N) is 2. The number of H-pyrrole nitrogens is 1. The molecule has 2 rings (SSSR count). The van der Waals surface area contributed by atoms with E-state index in [0.717, 1.165) is 0 Å². The Bertz CT molecular complexity index is 521. The lowest BCUT2D eigenvalue weighted by atomic mass is 10.0. The summed E-state index contributed by atoms with van der Waals surface area (Å²) in [7, 11) is -3.46. The number of aromatic nitrogens is 2. The van der Waals surface area contributed by atoms with Gasteiger partial charge >= 0.3 is 0 Å². The van der Waals surface area contributed by atoms with Gasteiger partial charge in [-0.1, -0.05) is 6.92 Å². The van der Waals surface area contributed by atoms with Gasteiger partial charge < -0.3 is 0 Å².